The molecule has 3 nitrogen and oxygen atoms in total. The van der Waals surface area contributed by atoms with E-state index in [2.05, 4.69) is 0 Å². The molecule has 66 valence electrons. The minimum absolute atomic E-state index is 0.148. The molecule has 2 unspecified atom stereocenters. The molecule has 0 rings (SSSR count). The fourth-order valence-electron chi connectivity index (χ4n) is 0.884. The molecule has 0 saturated carbocycles. The van der Waals surface area contributed by atoms with Gasteiger partial charge >= 0.3 is 8.03 Å². The van der Waals surface area contributed by atoms with E-state index in [4.69, 9.17) is 10.3 Å². The highest BCUT2D eigenvalue weighted by Gasteiger charge is 2.29. The Balaban J connectivity index is 3.71. The second kappa shape index (κ2) is 6.71. The molecule has 2 atom stereocenters. The van der Waals surface area contributed by atoms with E-state index in [1.807, 2.05) is 13.8 Å². The standard InChI is InChI=1S/C7H17NO2P/c1-3-7(5-6-8)11(9)10-4-2/h7H,3-6,8H2,1-2H3/q+1. The van der Waals surface area contributed by atoms with E-state index in [9.17, 15) is 4.57 Å². The monoisotopic (exact) mass is 178 g/mol. The summed E-state index contributed by atoms with van der Waals surface area (Å²) in [7, 11) is -1.48. The SMILES string of the molecule is CCO[P+](=O)C(CC)CCN. The van der Waals surface area contributed by atoms with E-state index in [-0.39, 0.29) is 5.66 Å². The first-order valence-electron chi connectivity index (χ1n) is 4.05. The topological polar surface area (TPSA) is 52.3 Å². The van der Waals surface area contributed by atoms with Crippen LogP contribution in [0, 0.1) is 0 Å². The zero-order valence-electron chi connectivity index (χ0n) is 7.25. The van der Waals surface area contributed by atoms with Gasteiger partial charge < -0.3 is 5.73 Å². The van der Waals surface area contributed by atoms with Gasteiger partial charge in [-0.2, -0.15) is 0 Å². The summed E-state index contributed by atoms with van der Waals surface area (Å²) >= 11 is 0. The predicted octanol–water partition coefficient (Wildman–Crippen LogP) is 1.89. The number of hydrogen-bond donors (Lipinski definition) is 1. The zero-order valence-corrected chi connectivity index (χ0v) is 8.14. The van der Waals surface area contributed by atoms with Gasteiger partial charge in [-0.15, -0.1) is 4.52 Å². The highest BCUT2D eigenvalue weighted by molar-refractivity contribution is 7.40. The summed E-state index contributed by atoms with van der Waals surface area (Å²) in [6, 6.07) is 0. The fourth-order valence-corrected chi connectivity index (χ4v) is 2.01. The van der Waals surface area contributed by atoms with E-state index in [1.54, 1.807) is 0 Å². The van der Waals surface area contributed by atoms with E-state index in [0.29, 0.717) is 13.2 Å². The zero-order chi connectivity index (χ0) is 8.69. The lowest BCUT2D eigenvalue weighted by molar-refractivity contribution is 0.341. The summed E-state index contributed by atoms with van der Waals surface area (Å²) in [5.41, 5.74) is 5.50. The maximum Gasteiger partial charge on any atom is 0.511 e. The normalized spacial score (nSPS) is 14.6. The molecule has 0 spiro atoms. The number of hydrogen-bond acceptors (Lipinski definition) is 3. The molecule has 2 N–H and O–H groups in total. The average molecular weight is 178 g/mol. The van der Waals surface area contributed by atoms with Crippen molar-refractivity contribution in [3.8, 4) is 0 Å². The van der Waals surface area contributed by atoms with E-state index < -0.39 is 8.03 Å². The highest BCUT2D eigenvalue weighted by Crippen LogP contribution is 2.33. The Morgan fingerprint density at radius 3 is 2.55 bits per heavy atom. The Bertz CT molecular complexity index is 119. The van der Waals surface area contributed by atoms with Gasteiger partial charge in [-0.25, -0.2) is 0 Å². The first kappa shape index (κ1) is 11.0. The molecule has 0 amide bonds. The van der Waals surface area contributed by atoms with Crippen molar-refractivity contribution < 1.29 is 9.09 Å². The van der Waals surface area contributed by atoms with Gasteiger partial charge in [-0.1, -0.05) is 6.92 Å². The molecular formula is C7H17NO2P+. The Labute approximate surface area is 69.2 Å². The van der Waals surface area contributed by atoms with Crippen LogP contribution in [0.3, 0.4) is 0 Å². The van der Waals surface area contributed by atoms with Crippen LogP contribution in [0.1, 0.15) is 26.7 Å². The minimum Gasteiger partial charge on any atom is -0.330 e. The van der Waals surface area contributed by atoms with Crippen LogP contribution in [0.4, 0.5) is 0 Å². The van der Waals surface area contributed by atoms with Gasteiger partial charge in [0.25, 0.3) is 0 Å². The summed E-state index contributed by atoms with van der Waals surface area (Å²) < 4.78 is 16.2. The van der Waals surface area contributed by atoms with Crippen LogP contribution in [0.5, 0.6) is 0 Å². The summed E-state index contributed by atoms with van der Waals surface area (Å²) in [6.07, 6.45) is 1.68. The van der Waals surface area contributed by atoms with Crippen molar-refractivity contribution in [3.05, 3.63) is 0 Å². The van der Waals surface area contributed by atoms with Crippen LogP contribution >= 0.6 is 8.03 Å². The van der Waals surface area contributed by atoms with E-state index in [0.717, 1.165) is 12.8 Å². The molecule has 0 heterocycles. The molecule has 0 bridgehead atoms. The lowest BCUT2D eigenvalue weighted by Gasteiger charge is -1.99. The second-order valence-electron chi connectivity index (χ2n) is 2.34. The molecule has 0 aromatic rings. The molecular weight excluding hydrogens is 161 g/mol. The second-order valence-corrected chi connectivity index (χ2v) is 3.90. The maximum atomic E-state index is 11.2. The van der Waals surface area contributed by atoms with Gasteiger partial charge in [0.2, 0.25) is 0 Å². The smallest absolute Gasteiger partial charge is 0.330 e. The third-order valence-electron chi connectivity index (χ3n) is 1.53. The molecule has 0 aliphatic heterocycles. The van der Waals surface area contributed by atoms with Crippen molar-refractivity contribution in [2.24, 2.45) is 5.73 Å². The third kappa shape index (κ3) is 4.46. The Hall–Kier alpha value is 0.0200. The van der Waals surface area contributed by atoms with Crippen molar-refractivity contribution in [1.29, 1.82) is 0 Å². The molecule has 0 saturated heterocycles. The van der Waals surface area contributed by atoms with E-state index in [1.165, 1.54) is 0 Å². The van der Waals surface area contributed by atoms with Gasteiger partial charge in [0.15, 0.2) is 5.66 Å². The van der Waals surface area contributed by atoms with Crippen LogP contribution < -0.4 is 5.73 Å². The van der Waals surface area contributed by atoms with Gasteiger partial charge in [0, 0.05) is 6.42 Å². The van der Waals surface area contributed by atoms with Gasteiger partial charge in [-0.05, 0) is 24.5 Å². The molecule has 11 heavy (non-hydrogen) atoms. The Morgan fingerprint density at radius 2 is 2.18 bits per heavy atom. The van der Waals surface area contributed by atoms with Gasteiger partial charge in [0.05, 0.1) is 6.61 Å². The van der Waals surface area contributed by atoms with E-state index >= 15 is 0 Å². The third-order valence-corrected chi connectivity index (χ3v) is 3.26. The summed E-state index contributed by atoms with van der Waals surface area (Å²) in [5, 5.41) is 0. The Morgan fingerprint density at radius 1 is 1.55 bits per heavy atom. The molecule has 4 heteroatoms. The molecule has 0 aliphatic carbocycles. The van der Waals surface area contributed by atoms with Crippen molar-refractivity contribution in [1.82, 2.24) is 0 Å². The summed E-state index contributed by atoms with van der Waals surface area (Å²) in [5.74, 6) is 0. The van der Waals surface area contributed by atoms with Crippen LogP contribution in [0.25, 0.3) is 0 Å². The predicted molar refractivity (Wildman–Crippen MR) is 47.0 cm³/mol. The van der Waals surface area contributed by atoms with Crippen molar-refractivity contribution in [2.75, 3.05) is 13.2 Å². The van der Waals surface area contributed by atoms with Crippen LogP contribution in [-0.4, -0.2) is 18.8 Å². The Kier molecular flexibility index (Phi) is 6.73. The molecule has 0 fully saturated rings. The quantitative estimate of drug-likeness (QED) is 0.632. The largest absolute Gasteiger partial charge is 0.511 e. The number of nitrogens with two attached hydrogens (primary N) is 1. The molecule has 0 aromatic heterocycles. The van der Waals surface area contributed by atoms with Crippen LogP contribution in [0.2, 0.25) is 0 Å². The molecule has 0 aromatic carbocycles. The summed E-state index contributed by atoms with van der Waals surface area (Å²) in [4.78, 5) is 0. The maximum absolute atomic E-state index is 11.2. The first-order valence-corrected chi connectivity index (χ1v) is 5.30. The average Bonchev–Trinajstić information content (AvgIpc) is 2.00. The fraction of sp³-hybridized carbons (Fsp3) is 1.00. The molecule has 0 aliphatic rings. The van der Waals surface area contributed by atoms with Crippen LogP contribution in [0.15, 0.2) is 0 Å². The lowest BCUT2D eigenvalue weighted by atomic mass is 10.2. The van der Waals surface area contributed by atoms with Crippen molar-refractivity contribution in [2.45, 2.75) is 32.3 Å². The minimum atomic E-state index is -1.48. The van der Waals surface area contributed by atoms with Crippen molar-refractivity contribution in [3.63, 3.8) is 0 Å². The first-order chi connectivity index (χ1) is 5.26. The van der Waals surface area contributed by atoms with Crippen molar-refractivity contribution >= 4 is 8.03 Å². The van der Waals surface area contributed by atoms with Crippen LogP contribution in [-0.2, 0) is 9.09 Å². The molecule has 0 radical (unpaired) electrons. The highest BCUT2D eigenvalue weighted by atomic mass is 31.1. The van der Waals surface area contributed by atoms with Gasteiger partial charge in [0.1, 0.15) is 0 Å². The number of rotatable bonds is 6. The lowest BCUT2D eigenvalue weighted by Crippen LogP contribution is -2.10. The van der Waals surface area contributed by atoms with Gasteiger partial charge in [-0.3, -0.25) is 0 Å². The summed E-state index contributed by atoms with van der Waals surface area (Å²) in [6.45, 7) is 4.97.